The predicted molar refractivity (Wildman–Crippen MR) is 110 cm³/mol. The number of nitrogen functional groups attached to an aromatic ring is 1. The number of nitrogens with zero attached hydrogens (tertiary/aromatic N) is 2. The van der Waals surface area contributed by atoms with Crippen molar-refractivity contribution in [2.24, 2.45) is 0 Å². The molecule has 0 fully saturated rings. The van der Waals surface area contributed by atoms with E-state index in [4.69, 9.17) is 33.7 Å². The molecule has 0 spiro atoms. The Bertz CT molecular complexity index is 1020. The number of anilines is 4. The second kappa shape index (κ2) is 9.26. The first-order chi connectivity index (χ1) is 13.9. The van der Waals surface area contributed by atoms with E-state index in [9.17, 15) is 9.18 Å². The van der Waals surface area contributed by atoms with Crippen LogP contribution >= 0.6 is 23.2 Å². The van der Waals surface area contributed by atoms with Crippen LogP contribution in [0.15, 0.2) is 48.8 Å². The molecule has 3 aromatic rings. The fraction of sp³-hybridized carbons (Fsp3) is 0.0556. The lowest BCUT2D eigenvalue weighted by atomic mass is 10.3. The normalized spacial score (nSPS) is 10.3. The van der Waals surface area contributed by atoms with Gasteiger partial charge in [-0.3, -0.25) is 15.6 Å². The minimum absolute atomic E-state index is 0.152. The van der Waals surface area contributed by atoms with Gasteiger partial charge in [0.15, 0.2) is 18.2 Å². The summed E-state index contributed by atoms with van der Waals surface area (Å²) in [6.07, 6.45) is 1.25. The van der Waals surface area contributed by atoms with E-state index in [1.807, 2.05) is 0 Å². The van der Waals surface area contributed by atoms with Gasteiger partial charge in [0.2, 0.25) is 0 Å². The topological polar surface area (TPSA) is 114 Å². The highest BCUT2D eigenvalue weighted by molar-refractivity contribution is 6.35. The van der Waals surface area contributed by atoms with Gasteiger partial charge in [0, 0.05) is 10.7 Å². The Balaban J connectivity index is 1.57. The average Bonchev–Trinajstić information content (AvgIpc) is 2.69. The molecular formula is C18H15Cl2FN6O2. The number of hydrogen-bond donors (Lipinski definition) is 4. The molecule has 0 aliphatic heterocycles. The number of amides is 1. The zero-order valence-electron chi connectivity index (χ0n) is 14.7. The zero-order chi connectivity index (χ0) is 20.8. The Morgan fingerprint density at radius 2 is 1.83 bits per heavy atom. The van der Waals surface area contributed by atoms with Gasteiger partial charge >= 0.3 is 0 Å². The first-order valence-electron chi connectivity index (χ1n) is 8.18. The highest BCUT2D eigenvalue weighted by atomic mass is 35.5. The number of rotatable bonds is 7. The summed E-state index contributed by atoms with van der Waals surface area (Å²) in [4.78, 5) is 20.0. The van der Waals surface area contributed by atoms with Crippen molar-refractivity contribution in [2.45, 2.75) is 0 Å². The molecule has 0 radical (unpaired) electrons. The third kappa shape index (κ3) is 5.59. The summed E-state index contributed by atoms with van der Waals surface area (Å²) in [5.41, 5.74) is 11.8. The van der Waals surface area contributed by atoms with Crippen LogP contribution in [0.1, 0.15) is 0 Å². The molecule has 29 heavy (non-hydrogen) atoms. The molecule has 0 bridgehead atoms. The summed E-state index contributed by atoms with van der Waals surface area (Å²) >= 11 is 11.8. The molecular weight excluding hydrogens is 422 g/mol. The SMILES string of the molecule is Nc1c(NNC(=O)COc2ccc(Cl)cc2Cl)ncnc1Nc1ccc(F)cc1. The number of aromatic nitrogens is 2. The average molecular weight is 437 g/mol. The first kappa shape index (κ1) is 20.4. The molecule has 2 aromatic carbocycles. The smallest absolute Gasteiger partial charge is 0.276 e. The maximum Gasteiger partial charge on any atom is 0.276 e. The van der Waals surface area contributed by atoms with E-state index in [-0.39, 0.29) is 34.8 Å². The second-order valence-corrected chi connectivity index (χ2v) is 6.50. The van der Waals surface area contributed by atoms with Crippen LogP contribution in [0.25, 0.3) is 0 Å². The van der Waals surface area contributed by atoms with E-state index >= 15 is 0 Å². The quantitative estimate of drug-likeness (QED) is 0.416. The lowest BCUT2D eigenvalue weighted by Crippen LogP contribution is -2.34. The van der Waals surface area contributed by atoms with Crippen molar-refractivity contribution in [3.8, 4) is 5.75 Å². The van der Waals surface area contributed by atoms with Gasteiger partial charge in [-0.1, -0.05) is 23.2 Å². The molecule has 0 saturated carbocycles. The Labute approximate surface area is 175 Å². The van der Waals surface area contributed by atoms with Gasteiger partial charge in [0.1, 0.15) is 23.6 Å². The Hall–Kier alpha value is -3.30. The van der Waals surface area contributed by atoms with Crippen molar-refractivity contribution in [3.05, 3.63) is 64.7 Å². The Kier molecular flexibility index (Phi) is 6.53. The van der Waals surface area contributed by atoms with E-state index in [0.717, 1.165) is 0 Å². The van der Waals surface area contributed by atoms with Crippen molar-refractivity contribution in [2.75, 3.05) is 23.1 Å². The third-order valence-corrected chi connectivity index (χ3v) is 4.09. The van der Waals surface area contributed by atoms with Gasteiger partial charge in [-0.15, -0.1) is 0 Å². The van der Waals surface area contributed by atoms with Crippen molar-refractivity contribution >= 4 is 52.1 Å². The molecule has 11 heteroatoms. The molecule has 0 aliphatic carbocycles. The molecule has 0 aliphatic rings. The first-order valence-corrected chi connectivity index (χ1v) is 8.94. The lowest BCUT2D eigenvalue weighted by Gasteiger charge is -2.13. The summed E-state index contributed by atoms with van der Waals surface area (Å²) in [5.74, 6) is -0.0888. The minimum Gasteiger partial charge on any atom is -0.482 e. The zero-order valence-corrected chi connectivity index (χ0v) is 16.3. The number of ether oxygens (including phenoxy) is 1. The molecule has 0 saturated heterocycles. The molecule has 8 nitrogen and oxygen atoms in total. The molecule has 1 aromatic heterocycles. The summed E-state index contributed by atoms with van der Waals surface area (Å²) in [6.45, 7) is -0.306. The van der Waals surface area contributed by atoms with E-state index < -0.39 is 5.91 Å². The summed E-state index contributed by atoms with van der Waals surface area (Å²) in [5, 5.41) is 3.68. The largest absolute Gasteiger partial charge is 0.482 e. The van der Waals surface area contributed by atoms with Crippen LogP contribution in [0.3, 0.4) is 0 Å². The van der Waals surface area contributed by atoms with Crippen molar-refractivity contribution in [3.63, 3.8) is 0 Å². The van der Waals surface area contributed by atoms with E-state index in [2.05, 4.69) is 26.1 Å². The van der Waals surface area contributed by atoms with Crippen LogP contribution in [0.4, 0.5) is 27.4 Å². The number of nitrogens with one attached hydrogen (secondary N) is 3. The second-order valence-electron chi connectivity index (χ2n) is 5.65. The van der Waals surface area contributed by atoms with E-state index in [1.54, 1.807) is 12.1 Å². The molecule has 0 atom stereocenters. The van der Waals surface area contributed by atoms with Gasteiger partial charge in [0.05, 0.1) is 5.02 Å². The van der Waals surface area contributed by atoms with Crippen LogP contribution in [-0.4, -0.2) is 22.5 Å². The fourth-order valence-electron chi connectivity index (χ4n) is 2.17. The standard InChI is InChI=1S/C18H15Cl2FN6O2/c19-10-1-6-14(13(20)7-10)29-8-15(28)26-27-18-16(22)17(23-9-24-18)25-12-4-2-11(21)3-5-12/h1-7,9H,8,22H2,(H,26,28)(H2,23,24,25,27). The van der Waals surface area contributed by atoms with E-state index in [0.29, 0.717) is 16.5 Å². The van der Waals surface area contributed by atoms with Gasteiger partial charge < -0.3 is 15.8 Å². The van der Waals surface area contributed by atoms with Crippen LogP contribution in [0.2, 0.25) is 10.0 Å². The minimum atomic E-state index is -0.498. The Morgan fingerprint density at radius 1 is 1.10 bits per heavy atom. The van der Waals surface area contributed by atoms with Gasteiger partial charge in [-0.25, -0.2) is 14.4 Å². The van der Waals surface area contributed by atoms with Crippen LogP contribution in [0.5, 0.6) is 5.75 Å². The monoisotopic (exact) mass is 436 g/mol. The molecule has 0 unspecified atom stereocenters. The van der Waals surface area contributed by atoms with Crippen molar-refractivity contribution < 1.29 is 13.9 Å². The van der Waals surface area contributed by atoms with E-state index in [1.165, 1.54) is 36.7 Å². The number of carbonyl (C=O) groups excluding carboxylic acids is 1. The number of carbonyl (C=O) groups is 1. The highest BCUT2D eigenvalue weighted by Gasteiger charge is 2.11. The van der Waals surface area contributed by atoms with Crippen LogP contribution in [-0.2, 0) is 4.79 Å². The van der Waals surface area contributed by atoms with Gasteiger partial charge in [-0.2, -0.15) is 0 Å². The summed E-state index contributed by atoms with van der Waals surface area (Å²) < 4.78 is 18.3. The molecule has 3 rings (SSSR count). The van der Waals surface area contributed by atoms with Crippen LogP contribution in [0, 0.1) is 5.82 Å². The number of hydrogen-bond acceptors (Lipinski definition) is 7. The van der Waals surface area contributed by atoms with Gasteiger partial charge in [-0.05, 0) is 42.5 Å². The molecule has 1 amide bonds. The third-order valence-electron chi connectivity index (χ3n) is 3.56. The number of hydrazine groups is 1. The number of benzene rings is 2. The van der Waals surface area contributed by atoms with Gasteiger partial charge in [0.25, 0.3) is 5.91 Å². The fourth-order valence-corrected chi connectivity index (χ4v) is 2.63. The van der Waals surface area contributed by atoms with Crippen LogP contribution < -0.4 is 26.6 Å². The highest BCUT2D eigenvalue weighted by Crippen LogP contribution is 2.27. The predicted octanol–water partition coefficient (Wildman–Crippen LogP) is 3.77. The Morgan fingerprint density at radius 3 is 2.55 bits per heavy atom. The number of nitrogens with two attached hydrogens (primary N) is 1. The summed E-state index contributed by atoms with van der Waals surface area (Å²) in [6, 6.07) is 10.3. The van der Waals surface area contributed by atoms with Crippen molar-refractivity contribution in [1.29, 1.82) is 0 Å². The lowest BCUT2D eigenvalue weighted by molar-refractivity contribution is -0.122. The number of halogens is 3. The van der Waals surface area contributed by atoms with Crippen molar-refractivity contribution in [1.82, 2.24) is 15.4 Å². The maximum absolute atomic E-state index is 13.0. The molecule has 150 valence electrons. The molecule has 5 N–H and O–H groups in total. The maximum atomic E-state index is 13.0. The summed E-state index contributed by atoms with van der Waals surface area (Å²) in [7, 11) is 0. The molecule has 1 heterocycles.